The summed E-state index contributed by atoms with van der Waals surface area (Å²) in [4.78, 5) is 0. The number of rotatable bonds is 6. The monoisotopic (exact) mass is 207 g/mol. The zero-order valence-electron chi connectivity index (χ0n) is 8.33. The minimum absolute atomic E-state index is 0.0898. The van der Waals surface area contributed by atoms with E-state index in [1.165, 1.54) is 0 Å². The Bertz CT molecular complexity index is 259. The zero-order chi connectivity index (χ0) is 10.5. The molecule has 13 heavy (non-hydrogen) atoms. The molecule has 0 fully saturated rings. The molecule has 4 nitrogen and oxygen atoms in total. The maximum absolute atomic E-state index is 11.1. The van der Waals surface area contributed by atoms with Crippen LogP contribution in [0.25, 0.3) is 0 Å². The van der Waals surface area contributed by atoms with Crippen molar-refractivity contribution in [2.75, 3.05) is 12.4 Å². The van der Waals surface area contributed by atoms with Gasteiger partial charge in [-0.15, -0.1) is 0 Å². The molecule has 0 aromatic rings. The molecule has 5 heteroatoms. The van der Waals surface area contributed by atoms with E-state index >= 15 is 0 Å². The van der Waals surface area contributed by atoms with Crippen molar-refractivity contribution < 1.29 is 12.6 Å². The molecule has 0 bridgehead atoms. The molecule has 0 aromatic heterocycles. The SMILES string of the molecule is CCOS(=O)(=O)CC(C)C(=N)CC. The lowest BCUT2D eigenvalue weighted by Gasteiger charge is -2.11. The van der Waals surface area contributed by atoms with Crippen molar-refractivity contribution in [2.45, 2.75) is 27.2 Å². The predicted molar refractivity (Wildman–Crippen MR) is 52.6 cm³/mol. The highest BCUT2D eigenvalue weighted by Crippen LogP contribution is 2.06. The van der Waals surface area contributed by atoms with Gasteiger partial charge in [0.15, 0.2) is 0 Å². The minimum atomic E-state index is -3.43. The molecule has 0 amide bonds. The Hall–Kier alpha value is -0.420. The van der Waals surface area contributed by atoms with Crippen LogP contribution in [0.15, 0.2) is 0 Å². The predicted octanol–water partition coefficient (Wildman–Crippen LogP) is 1.42. The van der Waals surface area contributed by atoms with Crippen molar-refractivity contribution in [3.8, 4) is 0 Å². The molecule has 0 spiro atoms. The molecular weight excluding hydrogens is 190 g/mol. The van der Waals surface area contributed by atoms with Gasteiger partial charge in [0, 0.05) is 11.6 Å². The Morgan fingerprint density at radius 3 is 2.38 bits per heavy atom. The van der Waals surface area contributed by atoms with Crippen molar-refractivity contribution in [3.05, 3.63) is 0 Å². The summed E-state index contributed by atoms with van der Waals surface area (Å²) in [5, 5.41) is 7.44. The maximum Gasteiger partial charge on any atom is 0.267 e. The summed E-state index contributed by atoms with van der Waals surface area (Å²) in [5.41, 5.74) is 0.447. The Balaban J connectivity index is 4.20. The third-order valence-electron chi connectivity index (χ3n) is 1.73. The first-order valence-corrected chi connectivity index (χ1v) is 5.95. The van der Waals surface area contributed by atoms with Gasteiger partial charge in [-0.3, -0.25) is 4.18 Å². The summed E-state index contributed by atoms with van der Waals surface area (Å²) in [7, 11) is -3.43. The first-order valence-electron chi connectivity index (χ1n) is 4.37. The van der Waals surface area contributed by atoms with Crippen molar-refractivity contribution in [2.24, 2.45) is 5.92 Å². The van der Waals surface area contributed by atoms with E-state index in [2.05, 4.69) is 4.18 Å². The van der Waals surface area contributed by atoms with Crippen LogP contribution in [0.3, 0.4) is 0 Å². The van der Waals surface area contributed by atoms with Gasteiger partial charge in [-0.1, -0.05) is 13.8 Å². The van der Waals surface area contributed by atoms with E-state index in [4.69, 9.17) is 5.41 Å². The van der Waals surface area contributed by atoms with Gasteiger partial charge in [0.1, 0.15) is 0 Å². The molecule has 0 aliphatic heterocycles. The molecule has 0 rings (SSSR count). The summed E-state index contributed by atoms with van der Waals surface area (Å²) < 4.78 is 26.9. The molecule has 0 radical (unpaired) electrons. The number of nitrogens with one attached hydrogen (secondary N) is 1. The van der Waals surface area contributed by atoms with Crippen LogP contribution in [0.5, 0.6) is 0 Å². The van der Waals surface area contributed by atoms with Gasteiger partial charge < -0.3 is 5.41 Å². The highest BCUT2D eigenvalue weighted by molar-refractivity contribution is 7.86. The molecule has 78 valence electrons. The fourth-order valence-electron chi connectivity index (χ4n) is 0.983. The number of hydrogen-bond donors (Lipinski definition) is 1. The van der Waals surface area contributed by atoms with Gasteiger partial charge >= 0.3 is 0 Å². The molecule has 0 saturated carbocycles. The lowest BCUT2D eigenvalue weighted by atomic mass is 10.1. The van der Waals surface area contributed by atoms with Crippen molar-refractivity contribution in [1.82, 2.24) is 0 Å². The second-order valence-corrected chi connectivity index (χ2v) is 4.60. The lowest BCUT2D eigenvalue weighted by Crippen LogP contribution is -2.22. The van der Waals surface area contributed by atoms with Gasteiger partial charge in [-0.2, -0.15) is 8.42 Å². The highest BCUT2D eigenvalue weighted by Gasteiger charge is 2.18. The van der Waals surface area contributed by atoms with E-state index < -0.39 is 10.1 Å². The third kappa shape index (κ3) is 5.00. The second-order valence-electron chi connectivity index (χ2n) is 2.91. The van der Waals surface area contributed by atoms with Crippen LogP contribution >= 0.6 is 0 Å². The van der Waals surface area contributed by atoms with E-state index in [-0.39, 0.29) is 18.3 Å². The Labute approximate surface area is 79.9 Å². The van der Waals surface area contributed by atoms with Crippen molar-refractivity contribution in [1.29, 1.82) is 5.41 Å². The lowest BCUT2D eigenvalue weighted by molar-refractivity contribution is 0.336. The fraction of sp³-hybridized carbons (Fsp3) is 0.875. The molecule has 0 aromatic carbocycles. The van der Waals surface area contributed by atoms with Crippen LogP contribution < -0.4 is 0 Å². The summed E-state index contributed by atoms with van der Waals surface area (Å²) >= 11 is 0. The van der Waals surface area contributed by atoms with E-state index in [0.717, 1.165) is 0 Å². The van der Waals surface area contributed by atoms with Crippen LogP contribution in [-0.4, -0.2) is 26.5 Å². The third-order valence-corrected chi connectivity index (χ3v) is 3.23. The zero-order valence-corrected chi connectivity index (χ0v) is 9.15. The maximum atomic E-state index is 11.1. The normalized spacial score (nSPS) is 14.1. The molecular formula is C8H17NO3S. The van der Waals surface area contributed by atoms with E-state index in [1.807, 2.05) is 6.92 Å². The largest absolute Gasteiger partial charge is 0.309 e. The van der Waals surface area contributed by atoms with Crippen LogP contribution in [0, 0.1) is 11.3 Å². The van der Waals surface area contributed by atoms with E-state index in [1.54, 1.807) is 13.8 Å². The molecule has 1 unspecified atom stereocenters. The quantitative estimate of drug-likeness (QED) is 0.529. The fourth-order valence-corrected chi connectivity index (χ4v) is 2.25. The average molecular weight is 207 g/mol. The van der Waals surface area contributed by atoms with Gasteiger partial charge in [0.2, 0.25) is 0 Å². The molecule has 0 saturated heterocycles. The Kier molecular flexibility index (Phi) is 5.17. The first-order chi connectivity index (χ1) is 5.93. The molecule has 0 aliphatic carbocycles. The molecule has 0 aliphatic rings. The molecule has 0 heterocycles. The smallest absolute Gasteiger partial charge is 0.267 e. The van der Waals surface area contributed by atoms with Crippen LogP contribution in [-0.2, 0) is 14.3 Å². The minimum Gasteiger partial charge on any atom is -0.309 e. The standard InChI is InChI=1S/C8H17NO3S/c1-4-8(9)7(3)6-13(10,11)12-5-2/h7,9H,4-6H2,1-3H3. The van der Waals surface area contributed by atoms with Crippen LogP contribution in [0.1, 0.15) is 27.2 Å². The average Bonchev–Trinajstić information content (AvgIpc) is 2.01. The van der Waals surface area contributed by atoms with Crippen molar-refractivity contribution in [3.63, 3.8) is 0 Å². The van der Waals surface area contributed by atoms with Gasteiger partial charge in [0.05, 0.1) is 12.4 Å². The second kappa shape index (κ2) is 5.34. The molecule has 1 atom stereocenters. The first kappa shape index (κ1) is 12.6. The Morgan fingerprint density at radius 2 is 2.00 bits per heavy atom. The summed E-state index contributed by atoms with van der Waals surface area (Å²) in [6.45, 7) is 5.36. The van der Waals surface area contributed by atoms with Gasteiger partial charge in [-0.25, -0.2) is 0 Å². The summed E-state index contributed by atoms with van der Waals surface area (Å²) in [5.74, 6) is -0.338. The highest BCUT2D eigenvalue weighted by atomic mass is 32.2. The summed E-state index contributed by atoms with van der Waals surface area (Å²) in [6, 6.07) is 0. The summed E-state index contributed by atoms with van der Waals surface area (Å²) in [6.07, 6.45) is 0.586. The van der Waals surface area contributed by atoms with Crippen molar-refractivity contribution >= 4 is 15.8 Å². The van der Waals surface area contributed by atoms with E-state index in [9.17, 15) is 8.42 Å². The van der Waals surface area contributed by atoms with Gasteiger partial charge in [0.25, 0.3) is 10.1 Å². The van der Waals surface area contributed by atoms with Crippen LogP contribution in [0.4, 0.5) is 0 Å². The molecule has 1 N–H and O–H groups in total. The van der Waals surface area contributed by atoms with E-state index in [0.29, 0.717) is 12.1 Å². The topological polar surface area (TPSA) is 67.2 Å². The van der Waals surface area contributed by atoms with Gasteiger partial charge in [-0.05, 0) is 13.3 Å². The van der Waals surface area contributed by atoms with Crippen LogP contribution in [0.2, 0.25) is 0 Å². The number of hydrogen-bond acceptors (Lipinski definition) is 4. The Morgan fingerprint density at radius 1 is 1.46 bits per heavy atom.